The number of amides is 2. The fourth-order valence-corrected chi connectivity index (χ4v) is 2.82. The predicted molar refractivity (Wildman–Crippen MR) is 89.3 cm³/mol. The summed E-state index contributed by atoms with van der Waals surface area (Å²) in [5.74, 6) is -0.532. The fourth-order valence-electron chi connectivity index (χ4n) is 2.47. The highest BCUT2D eigenvalue weighted by Crippen LogP contribution is 2.31. The second kappa shape index (κ2) is 6.88. The van der Waals surface area contributed by atoms with Gasteiger partial charge in [-0.25, -0.2) is 0 Å². The van der Waals surface area contributed by atoms with Crippen LogP contribution in [0.5, 0.6) is 0 Å². The van der Waals surface area contributed by atoms with E-state index in [4.69, 9.17) is 23.2 Å². The Morgan fingerprint density at radius 2 is 1.77 bits per heavy atom. The quantitative estimate of drug-likeness (QED) is 0.845. The summed E-state index contributed by atoms with van der Waals surface area (Å²) in [6.45, 7) is 4.70. The zero-order valence-electron chi connectivity index (χ0n) is 12.8. The number of piperidine rings is 1. The summed E-state index contributed by atoms with van der Waals surface area (Å²) in [7, 11) is 0. The minimum Gasteiger partial charge on any atom is -0.342 e. The van der Waals surface area contributed by atoms with Crippen LogP contribution in [0.4, 0.5) is 5.69 Å². The van der Waals surface area contributed by atoms with Crippen LogP contribution in [0.25, 0.3) is 0 Å². The fraction of sp³-hybridized carbons (Fsp3) is 0.500. The Bertz CT molecular complexity index is 582. The van der Waals surface area contributed by atoms with Gasteiger partial charge in [-0.15, -0.1) is 0 Å². The Balaban J connectivity index is 2.12. The van der Waals surface area contributed by atoms with Crippen molar-refractivity contribution in [1.82, 2.24) is 4.90 Å². The molecule has 2 rings (SSSR count). The van der Waals surface area contributed by atoms with Crippen molar-refractivity contribution in [2.75, 3.05) is 18.4 Å². The van der Waals surface area contributed by atoms with Crippen LogP contribution in [0, 0.1) is 5.41 Å². The third-order valence-electron chi connectivity index (χ3n) is 3.95. The van der Waals surface area contributed by atoms with Crippen LogP contribution < -0.4 is 5.32 Å². The van der Waals surface area contributed by atoms with Gasteiger partial charge >= 0.3 is 0 Å². The van der Waals surface area contributed by atoms with E-state index >= 15 is 0 Å². The van der Waals surface area contributed by atoms with Crippen molar-refractivity contribution in [2.24, 2.45) is 5.41 Å². The molecule has 120 valence electrons. The number of halogens is 2. The van der Waals surface area contributed by atoms with Gasteiger partial charge in [-0.2, -0.15) is 0 Å². The van der Waals surface area contributed by atoms with Gasteiger partial charge < -0.3 is 10.2 Å². The lowest BCUT2D eigenvalue weighted by Crippen LogP contribution is -2.49. The van der Waals surface area contributed by atoms with Gasteiger partial charge in [0.15, 0.2) is 0 Å². The minimum atomic E-state index is -1.15. The molecule has 1 aliphatic heterocycles. The highest BCUT2D eigenvalue weighted by atomic mass is 35.5. The number of anilines is 1. The van der Waals surface area contributed by atoms with Crippen LogP contribution in [-0.4, -0.2) is 29.8 Å². The molecule has 0 aliphatic carbocycles. The topological polar surface area (TPSA) is 49.4 Å². The first-order valence-corrected chi connectivity index (χ1v) is 8.14. The predicted octanol–water partition coefficient (Wildman–Crippen LogP) is 3.97. The van der Waals surface area contributed by atoms with Crippen LogP contribution in [0.15, 0.2) is 18.2 Å². The lowest BCUT2D eigenvalue weighted by Gasteiger charge is -2.33. The highest BCUT2D eigenvalue weighted by Gasteiger charge is 2.39. The lowest BCUT2D eigenvalue weighted by molar-refractivity contribution is -0.147. The van der Waals surface area contributed by atoms with Gasteiger partial charge in [-0.3, -0.25) is 9.59 Å². The van der Waals surface area contributed by atoms with E-state index in [9.17, 15) is 9.59 Å². The molecule has 0 radical (unpaired) electrons. The summed E-state index contributed by atoms with van der Waals surface area (Å²) in [5.41, 5.74) is -0.734. The summed E-state index contributed by atoms with van der Waals surface area (Å²) in [6, 6.07) is 5.00. The zero-order chi connectivity index (χ0) is 16.3. The molecule has 1 N–H and O–H groups in total. The first kappa shape index (κ1) is 17.1. The van der Waals surface area contributed by atoms with Gasteiger partial charge in [-0.05, 0) is 45.2 Å². The van der Waals surface area contributed by atoms with E-state index in [-0.39, 0.29) is 16.8 Å². The highest BCUT2D eigenvalue weighted by molar-refractivity contribution is 6.44. The largest absolute Gasteiger partial charge is 0.342 e. The van der Waals surface area contributed by atoms with Crippen molar-refractivity contribution in [3.05, 3.63) is 28.2 Å². The van der Waals surface area contributed by atoms with Gasteiger partial charge in [0, 0.05) is 13.1 Å². The molecule has 0 unspecified atom stereocenters. The average Bonchev–Trinajstić information content (AvgIpc) is 2.51. The van der Waals surface area contributed by atoms with Gasteiger partial charge in [0.2, 0.25) is 11.8 Å². The standard InChI is InChI=1S/C16H20Cl2N2O2/c1-16(2,15(22)20-9-4-3-5-10-20)14(21)19-12-8-6-7-11(17)13(12)18/h6-8H,3-5,9-10H2,1-2H3,(H,19,21). The minimum absolute atomic E-state index is 0.150. The second-order valence-corrected chi connectivity index (χ2v) is 6.82. The summed E-state index contributed by atoms with van der Waals surface area (Å²) in [6.07, 6.45) is 3.11. The van der Waals surface area contributed by atoms with Crippen LogP contribution in [-0.2, 0) is 9.59 Å². The molecule has 1 aromatic rings. The van der Waals surface area contributed by atoms with Crippen LogP contribution in [0.1, 0.15) is 33.1 Å². The van der Waals surface area contributed by atoms with Gasteiger partial charge in [0.05, 0.1) is 15.7 Å². The van der Waals surface area contributed by atoms with E-state index in [0.29, 0.717) is 23.8 Å². The Morgan fingerprint density at radius 1 is 1.14 bits per heavy atom. The van der Waals surface area contributed by atoms with Crippen molar-refractivity contribution in [3.8, 4) is 0 Å². The molecule has 1 fully saturated rings. The molecule has 1 aromatic carbocycles. The SMILES string of the molecule is CC(C)(C(=O)Nc1cccc(Cl)c1Cl)C(=O)N1CCCCC1. The molecule has 0 spiro atoms. The Kier molecular flexibility index (Phi) is 5.35. The molecule has 22 heavy (non-hydrogen) atoms. The van der Waals surface area contributed by atoms with Gasteiger partial charge in [-0.1, -0.05) is 29.3 Å². The maximum absolute atomic E-state index is 12.6. The number of hydrogen-bond acceptors (Lipinski definition) is 2. The molecule has 0 atom stereocenters. The third-order valence-corrected chi connectivity index (χ3v) is 4.76. The van der Waals surface area contributed by atoms with E-state index in [2.05, 4.69) is 5.32 Å². The van der Waals surface area contributed by atoms with Crippen molar-refractivity contribution < 1.29 is 9.59 Å². The molecule has 2 amide bonds. The molecular formula is C16H20Cl2N2O2. The zero-order valence-corrected chi connectivity index (χ0v) is 14.3. The third kappa shape index (κ3) is 3.55. The number of rotatable bonds is 3. The summed E-state index contributed by atoms with van der Waals surface area (Å²) < 4.78 is 0. The average molecular weight is 343 g/mol. The monoisotopic (exact) mass is 342 g/mol. The Hall–Kier alpha value is -1.26. The molecule has 0 aromatic heterocycles. The van der Waals surface area contributed by atoms with Crippen LogP contribution in [0.2, 0.25) is 10.0 Å². The van der Waals surface area contributed by atoms with Crippen molar-refractivity contribution in [1.29, 1.82) is 0 Å². The lowest BCUT2D eigenvalue weighted by atomic mass is 9.89. The van der Waals surface area contributed by atoms with E-state index in [1.807, 2.05) is 0 Å². The normalized spacial score (nSPS) is 15.5. The van der Waals surface area contributed by atoms with Crippen LogP contribution >= 0.6 is 23.2 Å². The number of nitrogens with zero attached hydrogens (tertiary/aromatic N) is 1. The second-order valence-electron chi connectivity index (χ2n) is 6.03. The maximum Gasteiger partial charge on any atom is 0.239 e. The first-order chi connectivity index (χ1) is 10.3. The molecule has 0 bridgehead atoms. The molecule has 4 nitrogen and oxygen atoms in total. The summed E-state index contributed by atoms with van der Waals surface area (Å²) >= 11 is 12.0. The molecule has 0 saturated carbocycles. The number of nitrogens with one attached hydrogen (secondary N) is 1. The van der Waals surface area contributed by atoms with Crippen molar-refractivity contribution >= 4 is 40.7 Å². The van der Waals surface area contributed by atoms with Crippen molar-refractivity contribution in [3.63, 3.8) is 0 Å². The number of carbonyl (C=O) groups is 2. The van der Waals surface area contributed by atoms with Gasteiger partial charge in [0.25, 0.3) is 0 Å². The molecule has 1 heterocycles. The van der Waals surface area contributed by atoms with E-state index in [1.54, 1.807) is 36.9 Å². The number of hydrogen-bond donors (Lipinski definition) is 1. The smallest absolute Gasteiger partial charge is 0.239 e. The molecule has 6 heteroatoms. The molecular weight excluding hydrogens is 323 g/mol. The Labute approximate surface area is 140 Å². The Morgan fingerprint density at radius 3 is 2.41 bits per heavy atom. The van der Waals surface area contributed by atoms with Gasteiger partial charge in [0.1, 0.15) is 5.41 Å². The summed E-state index contributed by atoms with van der Waals surface area (Å²) in [4.78, 5) is 26.9. The first-order valence-electron chi connectivity index (χ1n) is 7.39. The van der Waals surface area contributed by atoms with Crippen molar-refractivity contribution in [2.45, 2.75) is 33.1 Å². The summed E-state index contributed by atoms with van der Waals surface area (Å²) in [5, 5.41) is 3.35. The number of carbonyl (C=O) groups excluding carboxylic acids is 2. The maximum atomic E-state index is 12.6. The van der Waals surface area contributed by atoms with E-state index < -0.39 is 5.41 Å². The van der Waals surface area contributed by atoms with E-state index in [0.717, 1.165) is 19.3 Å². The molecule has 1 aliphatic rings. The molecule has 1 saturated heterocycles. The number of benzene rings is 1. The van der Waals surface area contributed by atoms with E-state index in [1.165, 1.54) is 0 Å². The van der Waals surface area contributed by atoms with Crippen LogP contribution in [0.3, 0.4) is 0 Å². The number of likely N-dealkylation sites (tertiary alicyclic amines) is 1.